The van der Waals surface area contributed by atoms with Gasteiger partial charge in [-0.2, -0.15) is 0 Å². The van der Waals surface area contributed by atoms with Crippen LogP contribution in [0.15, 0.2) is 36.4 Å². The summed E-state index contributed by atoms with van der Waals surface area (Å²) in [5.41, 5.74) is 7.35. The Morgan fingerprint density at radius 3 is 2.74 bits per heavy atom. The minimum absolute atomic E-state index is 0.119. The topological polar surface area (TPSA) is 52.3 Å². The van der Waals surface area contributed by atoms with Gasteiger partial charge in [-0.3, -0.25) is 4.79 Å². The molecule has 0 atom stereocenters. The maximum atomic E-state index is 11.1. The van der Waals surface area contributed by atoms with E-state index in [1.807, 2.05) is 36.4 Å². The van der Waals surface area contributed by atoms with Gasteiger partial charge in [0.1, 0.15) is 6.42 Å². The number of nitrogens with two attached hydrogens (primary N) is 1. The van der Waals surface area contributed by atoms with Gasteiger partial charge in [0.05, 0.1) is 6.61 Å². The van der Waals surface area contributed by atoms with E-state index in [2.05, 4.69) is 11.8 Å². The molecule has 0 aliphatic heterocycles. The normalized spacial score (nSPS) is 9.74. The van der Waals surface area contributed by atoms with Gasteiger partial charge in [-0.25, -0.2) is 0 Å². The number of anilines is 1. The molecule has 2 aromatic rings. The van der Waals surface area contributed by atoms with Crippen molar-refractivity contribution in [3.05, 3.63) is 42.0 Å². The van der Waals surface area contributed by atoms with Crippen LogP contribution in [-0.4, -0.2) is 12.6 Å². The summed E-state index contributed by atoms with van der Waals surface area (Å²) in [5, 5.41) is 2.16. The van der Waals surface area contributed by atoms with E-state index in [1.54, 1.807) is 6.92 Å². The zero-order chi connectivity index (χ0) is 13.7. The maximum Gasteiger partial charge on any atom is 0.317 e. The molecule has 0 saturated heterocycles. The number of ether oxygens (including phenoxy) is 1. The van der Waals surface area contributed by atoms with Crippen molar-refractivity contribution in [2.75, 3.05) is 12.3 Å². The molecular formula is C16H15NO2. The summed E-state index contributed by atoms with van der Waals surface area (Å²) in [6, 6.07) is 11.6. The summed E-state index contributed by atoms with van der Waals surface area (Å²) in [4.78, 5) is 11.1. The van der Waals surface area contributed by atoms with E-state index in [1.165, 1.54) is 0 Å². The highest BCUT2D eigenvalue weighted by atomic mass is 16.5. The Kier molecular flexibility index (Phi) is 4.04. The smallest absolute Gasteiger partial charge is 0.317 e. The third-order valence-corrected chi connectivity index (χ3v) is 2.64. The van der Waals surface area contributed by atoms with Crippen molar-refractivity contribution >= 4 is 22.4 Å². The first-order valence-electron chi connectivity index (χ1n) is 6.13. The zero-order valence-electron chi connectivity index (χ0n) is 10.8. The number of esters is 1. The molecule has 96 valence electrons. The number of hydrogen-bond acceptors (Lipinski definition) is 3. The molecule has 0 saturated carbocycles. The molecule has 2 N–H and O–H groups in total. The van der Waals surface area contributed by atoms with E-state index < -0.39 is 0 Å². The molecule has 0 aliphatic carbocycles. The van der Waals surface area contributed by atoms with Crippen molar-refractivity contribution in [3.63, 3.8) is 0 Å². The van der Waals surface area contributed by atoms with Gasteiger partial charge in [0.25, 0.3) is 0 Å². The van der Waals surface area contributed by atoms with Crippen molar-refractivity contribution < 1.29 is 9.53 Å². The Balaban J connectivity index is 2.16. The van der Waals surface area contributed by atoms with Crippen LogP contribution < -0.4 is 5.73 Å². The van der Waals surface area contributed by atoms with E-state index in [9.17, 15) is 4.79 Å². The van der Waals surface area contributed by atoms with Crippen molar-refractivity contribution in [1.29, 1.82) is 0 Å². The van der Waals surface area contributed by atoms with Crippen LogP contribution in [0.4, 0.5) is 5.69 Å². The molecule has 3 heteroatoms. The average molecular weight is 253 g/mol. The first kappa shape index (κ1) is 13.0. The van der Waals surface area contributed by atoms with Crippen LogP contribution in [0, 0.1) is 11.8 Å². The largest absolute Gasteiger partial charge is 0.465 e. The lowest BCUT2D eigenvalue weighted by molar-refractivity contribution is -0.141. The molecule has 0 radical (unpaired) electrons. The third kappa shape index (κ3) is 3.49. The molecule has 0 aliphatic rings. The second kappa shape index (κ2) is 5.92. The van der Waals surface area contributed by atoms with Crippen LogP contribution >= 0.6 is 0 Å². The highest BCUT2D eigenvalue weighted by molar-refractivity contribution is 5.86. The predicted molar refractivity (Wildman–Crippen MR) is 76.5 cm³/mol. The summed E-state index contributed by atoms with van der Waals surface area (Å²) in [6.07, 6.45) is 0.119. The molecule has 0 spiro atoms. The Bertz CT molecular complexity index is 665. The third-order valence-electron chi connectivity index (χ3n) is 2.64. The minimum Gasteiger partial charge on any atom is -0.465 e. The quantitative estimate of drug-likeness (QED) is 0.508. The first-order valence-corrected chi connectivity index (χ1v) is 6.13. The number of carbonyl (C=O) groups is 1. The van der Waals surface area contributed by atoms with E-state index in [0.717, 1.165) is 22.0 Å². The minimum atomic E-state index is -0.288. The Morgan fingerprint density at radius 1 is 1.21 bits per heavy atom. The number of benzene rings is 2. The molecule has 0 fully saturated rings. The predicted octanol–water partition coefficient (Wildman–Crippen LogP) is 2.73. The number of nitrogen functional groups attached to an aromatic ring is 1. The van der Waals surface area contributed by atoms with Gasteiger partial charge in [0.2, 0.25) is 0 Å². The van der Waals surface area contributed by atoms with Gasteiger partial charge in [-0.15, -0.1) is 0 Å². The first-order chi connectivity index (χ1) is 9.19. The fraction of sp³-hybridized carbons (Fsp3) is 0.188. The lowest BCUT2D eigenvalue weighted by Crippen LogP contribution is -2.01. The lowest BCUT2D eigenvalue weighted by atomic mass is 10.1. The van der Waals surface area contributed by atoms with Crippen LogP contribution in [0.25, 0.3) is 10.8 Å². The Hall–Kier alpha value is -2.47. The SMILES string of the molecule is CCOC(=O)CC#Cc1ccc2cc(N)ccc2c1. The maximum absolute atomic E-state index is 11.1. The molecule has 0 bridgehead atoms. The van der Waals surface area contributed by atoms with Gasteiger partial charge < -0.3 is 10.5 Å². The highest BCUT2D eigenvalue weighted by Gasteiger charge is 1.97. The summed E-state index contributed by atoms with van der Waals surface area (Å²) in [6.45, 7) is 2.16. The van der Waals surface area contributed by atoms with Crippen molar-refractivity contribution in [2.45, 2.75) is 13.3 Å². The lowest BCUT2D eigenvalue weighted by Gasteiger charge is -2.00. The summed E-state index contributed by atoms with van der Waals surface area (Å²) >= 11 is 0. The van der Waals surface area contributed by atoms with Crippen LogP contribution in [0.2, 0.25) is 0 Å². The van der Waals surface area contributed by atoms with Crippen molar-refractivity contribution in [3.8, 4) is 11.8 Å². The fourth-order valence-electron chi connectivity index (χ4n) is 1.77. The number of rotatable bonds is 2. The van der Waals surface area contributed by atoms with Crippen LogP contribution in [0.5, 0.6) is 0 Å². The van der Waals surface area contributed by atoms with E-state index in [-0.39, 0.29) is 12.4 Å². The van der Waals surface area contributed by atoms with E-state index in [4.69, 9.17) is 10.5 Å². The van der Waals surface area contributed by atoms with Crippen molar-refractivity contribution in [1.82, 2.24) is 0 Å². The summed E-state index contributed by atoms with van der Waals surface area (Å²) in [7, 11) is 0. The molecule has 0 aromatic heterocycles. The standard InChI is InChI=1S/C16H15NO2/c1-2-19-16(18)5-3-4-12-6-7-14-11-15(17)9-8-13(14)10-12/h6-11H,2,5,17H2,1H3. The van der Waals surface area contributed by atoms with Crippen LogP contribution in [0.1, 0.15) is 18.9 Å². The Morgan fingerprint density at radius 2 is 1.95 bits per heavy atom. The second-order valence-electron chi connectivity index (χ2n) is 4.10. The summed E-state index contributed by atoms with van der Waals surface area (Å²) < 4.78 is 4.81. The van der Waals surface area contributed by atoms with Crippen LogP contribution in [0.3, 0.4) is 0 Å². The molecular weight excluding hydrogens is 238 g/mol. The van der Waals surface area contributed by atoms with E-state index in [0.29, 0.717) is 6.61 Å². The zero-order valence-corrected chi connectivity index (χ0v) is 10.8. The average Bonchev–Trinajstić information content (AvgIpc) is 2.39. The highest BCUT2D eigenvalue weighted by Crippen LogP contribution is 2.18. The molecule has 19 heavy (non-hydrogen) atoms. The van der Waals surface area contributed by atoms with Crippen molar-refractivity contribution in [2.24, 2.45) is 0 Å². The molecule has 0 unspecified atom stereocenters. The second-order valence-corrected chi connectivity index (χ2v) is 4.10. The van der Waals surface area contributed by atoms with Gasteiger partial charge in [-0.05, 0) is 42.0 Å². The molecule has 2 rings (SSSR count). The van der Waals surface area contributed by atoms with Gasteiger partial charge in [0.15, 0.2) is 0 Å². The molecule has 3 nitrogen and oxygen atoms in total. The summed E-state index contributed by atoms with van der Waals surface area (Å²) in [5.74, 6) is 5.48. The van der Waals surface area contributed by atoms with Crippen LogP contribution in [-0.2, 0) is 9.53 Å². The monoisotopic (exact) mass is 253 g/mol. The Labute approximate surface area is 112 Å². The van der Waals surface area contributed by atoms with Gasteiger partial charge in [0, 0.05) is 11.3 Å². The number of hydrogen-bond donors (Lipinski definition) is 1. The number of carbonyl (C=O) groups excluding carboxylic acids is 1. The molecule has 0 heterocycles. The van der Waals surface area contributed by atoms with Gasteiger partial charge >= 0.3 is 5.97 Å². The molecule has 0 amide bonds. The van der Waals surface area contributed by atoms with Gasteiger partial charge in [-0.1, -0.05) is 24.0 Å². The fourth-order valence-corrected chi connectivity index (χ4v) is 1.77. The van der Waals surface area contributed by atoms with E-state index >= 15 is 0 Å². The number of fused-ring (bicyclic) bond motifs is 1. The molecule has 2 aromatic carbocycles.